The van der Waals surface area contributed by atoms with E-state index in [9.17, 15) is 4.79 Å². The number of nitrogens with zero attached hydrogens (tertiary/aromatic N) is 1. The summed E-state index contributed by atoms with van der Waals surface area (Å²) in [6.07, 6.45) is 0.105. The molecule has 1 fully saturated rings. The molecule has 0 bridgehead atoms. The summed E-state index contributed by atoms with van der Waals surface area (Å²) < 4.78 is 5.43. The number of rotatable bonds is 3. The minimum absolute atomic E-state index is 0.0606. The third-order valence-electron chi connectivity index (χ3n) is 3.62. The van der Waals surface area contributed by atoms with Gasteiger partial charge in [-0.3, -0.25) is 0 Å². The molecule has 2 unspecified atom stereocenters. The number of amides is 2. The van der Waals surface area contributed by atoms with Crippen molar-refractivity contribution in [2.45, 2.75) is 26.0 Å². The van der Waals surface area contributed by atoms with Gasteiger partial charge < -0.3 is 20.3 Å². The zero-order valence-corrected chi connectivity index (χ0v) is 12.3. The van der Waals surface area contributed by atoms with Crippen LogP contribution < -0.4 is 10.6 Å². The second-order valence-corrected chi connectivity index (χ2v) is 5.19. The van der Waals surface area contributed by atoms with Crippen molar-refractivity contribution in [3.63, 3.8) is 0 Å². The monoisotopic (exact) mass is 277 g/mol. The summed E-state index contributed by atoms with van der Waals surface area (Å²) in [5.74, 6) is 0. The minimum atomic E-state index is -0.0606. The second kappa shape index (κ2) is 6.72. The Labute approximate surface area is 120 Å². The zero-order valence-electron chi connectivity index (χ0n) is 12.3. The van der Waals surface area contributed by atoms with Crippen LogP contribution in [0.1, 0.15) is 25.5 Å². The maximum Gasteiger partial charge on any atom is 0.322 e. The SMILES string of the molecule is CNC(C)c1ccc(NC(=O)N2CCOC(C)C2)cc1. The molecule has 1 aliphatic rings. The highest BCUT2D eigenvalue weighted by Crippen LogP contribution is 2.16. The quantitative estimate of drug-likeness (QED) is 0.890. The number of urea groups is 1. The van der Waals surface area contributed by atoms with Crippen molar-refractivity contribution in [1.82, 2.24) is 10.2 Å². The van der Waals surface area contributed by atoms with Gasteiger partial charge in [0.25, 0.3) is 0 Å². The first kappa shape index (κ1) is 14.8. The lowest BCUT2D eigenvalue weighted by Crippen LogP contribution is -2.46. The Morgan fingerprint density at radius 2 is 2.10 bits per heavy atom. The largest absolute Gasteiger partial charge is 0.375 e. The number of nitrogens with one attached hydrogen (secondary N) is 2. The van der Waals surface area contributed by atoms with Crippen molar-refractivity contribution >= 4 is 11.7 Å². The molecule has 1 saturated heterocycles. The molecule has 2 atom stereocenters. The molecule has 1 heterocycles. The lowest BCUT2D eigenvalue weighted by Gasteiger charge is -2.31. The van der Waals surface area contributed by atoms with Crippen molar-refractivity contribution < 1.29 is 9.53 Å². The van der Waals surface area contributed by atoms with Crippen molar-refractivity contribution in [1.29, 1.82) is 0 Å². The number of hydrogen-bond donors (Lipinski definition) is 2. The van der Waals surface area contributed by atoms with Crippen LogP contribution in [0.15, 0.2) is 24.3 Å². The molecule has 0 radical (unpaired) electrons. The smallest absolute Gasteiger partial charge is 0.322 e. The Hall–Kier alpha value is -1.59. The topological polar surface area (TPSA) is 53.6 Å². The van der Waals surface area contributed by atoms with Gasteiger partial charge in [0, 0.05) is 24.8 Å². The summed E-state index contributed by atoms with van der Waals surface area (Å²) in [7, 11) is 1.93. The Balaban J connectivity index is 1.94. The average molecular weight is 277 g/mol. The zero-order chi connectivity index (χ0) is 14.5. The first-order valence-corrected chi connectivity index (χ1v) is 7.05. The van der Waals surface area contributed by atoms with Crippen LogP contribution in [0.25, 0.3) is 0 Å². The molecule has 5 nitrogen and oxygen atoms in total. The van der Waals surface area contributed by atoms with Crippen LogP contribution in [-0.4, -0.2) is 43.8 Å². The predicted molar refractivity (Wildman–Crippen MR) is 79.9 cm³/mol. The summed E-state index contributed by atoms with van der Waals surface area (Å²) in [6.45, 7) is 5.97. The number of benzene rings is 1. The van der Waals surface area contributed by atoms with E-state index >= 15 is 0 Å². The van der Waals surface area contributed by atoms with E-state index in [0.29, 0.717) is 25.7 Å². The van der Waals surface area contributed by atoms with Gasteiger partial charge >= 0.3 is 6.03 Å². The normalized spacial score (nSPS) is 20.6. The van der Waals surface area contributed by atoms with Crippen LogP contribution in [0.3, 0.4) is 0 Å². The summed E-state index contributed by atoms with van der Waals surface area (Å²) >= 11 is 0. The van der Waals surface area contributed by atoms with Gasteiger partial charge in [0.1, 0.15) is 0 Å². The van der Waals surface area contributed by atoms with E-state index in [1.54, 1.807) is 4.90 Å². The van der Waals surface area contributed by atoms with Crippen molar-refractivity contribution in [2.24, 2.45) is 0 Å². The highest BCUT2D eigenvalue weighted by molar-refractivity contribution is 5.89. The number of morpholine rings is 1. The number of anilines is 1. The van der Waals surface area contributed by atoms with E-state index in [2.05, 4.69) is 17.6 Å². The van der Waals surface area contributed by atoms with Crippen LogP contribution in [0.2, 0.25) is 0 Å². The van der Waals surface area contributed by atoms with Gasteiger partial charge in [0.05, 0.1) is 12.7 Å². The molecule has 110 valence electrons. The Bertz CT molecular complexity index is 447. The van der Waals surface area contributed by atoms with E-state index in [4.69, 9.17) is 4.74 Å². The molecular formula is C15H23N3O2. The van der Waals surface area contributed by atoms with E-state index in [1.807, 2.05) is 38.2 Å². The fraction of sp³-hybridized carbons (Fsp3) is 0.533. The number of ether oxygens (including phenoxy) is 1. The number of carbonyl (C=O) groups is 1. The van der Waals surface area contributed by atoms with Gasteiger partial charge in [-0.1, -0.05) is 12.1 Å². The van der Waals surface area contributed by atoms with Gasteiger partial charge in [-0.15, -0.1) is 0 Å². The summed E-state index contributed by atoms with van der Waals surface area (Å²) in [5.41, 5.74) is 2.02. The van der Waals surface area contributed by atoms with Crippen molar-refractivity contribution in [2.75, 3.05) is 32.1 Å². The van der Waals surface area contributed by atoms with Crippen LogP contribution in [0.5, 0.6) is 0 Å². The van der Waals surface area contributed by atoms with Crippen molar-refractivity contribution in [3.05, 3.63) is 29.8 Å². The third-order valence-corrected chi connectivity index (χ3v) is 3.62. The van der Waals surface area contributed by atoms with E-state index in [0.717, 1.165) is 5.69 Å². The van der Waals surface area contributed by atoms with Crippen LogP contribution in [0, 0.1) is 0 Å². The molecule has 20 heavy (non-hydrogen) atoms. The average Bonchev–Trinajstić information content (AvgIpc) is 2.47. The molecule has 2 rings (SSSR count). The molecule has 0 aliphatic carbocycles. The maximum absolute atomic E-state index is 12.1. The summed E-state index contributed by atoms with van der Waals surface area (Å²) in [6, 6.07) is 8.17. The Morgan fingerprint density at radius 1 is 1.40 bits per heavy atom. The fourth-order valence-corrected chi connectivity index (χ4v) is 2.23. The standard InChI is InChI=1S/C15H23N3O2/c1-11-10-18(8-9-20-11)15(19)17-14-6-4-13(5-7-14)12(2)16-3/h4-7,11-12,16H,8-10H2,1-3H3,(H,17,19). The molecule has 0 spiro atoms. The molecule has 1 aliphatic heterocycles. The van der Waals surface area contributed by atoms with Gasteiger partial charge in [-0.2, -0.15) is 0 Å². The van der Waals surface area contributed by atoms with E-state index in [-0.39, 0.29) is 12.1 Å². The van der Waals surface area contributed by atoms with Crippen molar-refractivity contribution in [3.8, 4) is 0 Å². The summed E-state index contributed by atoms with van der Waals surface area (Å²) in [5, 5.41) is 6.12. The molecule has 0 aromatic heterocycles. The molecule has 1 aromatic carbocycles. The second-order valence-electron chi connectivity index (χ2n) is 5.19. The lowest BCUT2D eigenvalue weighted by molar-refractivity contribution is -0.00138. The molecular weight excluding hydrogens is 254 g/mol. The molecule has 1 aromatic rings. The maximum atomic E-state index is 12.1. The van der Waals surface area contributed by atoms with E-state index < -0.39 is 0 Å². The Morgan fingerprint density at radius 3 is 2.70 bits per heavy atom. The number of carbonyl (C=O) groups excluding carboxylic acids is 1. The van der Waals surface area contributed by atoms with Gasteiger partial charge in [-0.05, 0) is 38.6 Å². The molecule has 0 saturated carbocycles. The van der Waals surface area contributed by atoms with Gasteiger partial charge in [-0.25, -0.2) is 4.79 Å². The molecule has 2 N–H and O–H groups in total. The lowest BCUT2D eigenvalue weighted by atomic mass is 10.1. The first-order valence-electron chi connectivity index (χ1n) is 7.05. The van der Waals surface area contributed by atoms with E-state index in [1.165, 1.54) is 5.56 Å². The third kappa shape index (κ3) is 3.71. The highest BCUT2D eigenvalue weighted by Gasteiger charge is 2.21. The molecule has 5 heteroatoms. The summed E-state index contributed by atoms with van der Waals surface area (Å²) in [4.78, 5) is 13.9. The highest BCUT2D eigenvalue weighted by atomic mass is 16.5. The Kier molecular flexibility index (Phi) is 4.98. The van der Waals surface area contributed by atoms with Crippen LogP contribution in [-0.2, 0) is 4.74 Å². The predicted octanol–water partition coefficient (Wildman–Crippen LogP) is 2.22. The van der Waals surface area contributed by atoms with Crippen LogP contribution >= 0.6 is 0 Å². The van der Waals surface area contributed by atoms with Gasteiger partial charge in [0.2, 0.25) is 0 Å². The van der Waals surface area contributed by atoms with Gasteiger partial charge in [0.15, 0.2) is 0 Å². The van der Waals surface area contributed by atoms with Crippen LogP contribution in [0.4, 0.5) is 10.5 Å². The number of hydrogen-bond acceptors (Lipinski definition) is 3. The molecule has 2 amide bonds. The minimum Gasteiger partial charge on any atom is -0.375 e. The fourth-order valence-electron chi connectivity index (χ4n) is 2.23. The first-order chi connectivity index (χ1) is 9.60.